The van der Waals surface area contributed by atoms with Gasteiger partial charge in [0.1, 0.15) is 23.6 Å². The first-order valence-corrected chi connectivity index (χ1v) is 19.0. The Hall–Kier alpha value is -5.85. The molecule has 3 amide bonds. The fourth-order valence-electron chi connectivity index (χ4n) is 8.33. The minimum absolute atomic E-state index is 0.0442. The van der Waals surface area contributed by atoms with Gasteiger partial charge in [-0.1, -0.05) is 30.3 Å². The normalized spacial score (nSPS) is 21.6. The zero-order valence-corrected chi connectivity index (χ0v) is 30.2. The number of piperazine rings is 1. The van der Waals surface area contributed by atoms with Gasteiger partial charge in [0.15, 0.2) is 5.82 Å². The van der Waals surface area contributed by atoms with E-state index in [4.69, 9.17) is 10.5 Å². The number of amides is 3. The number of piperidine rings is 2. The number of rotatable bonds is 10. The molecule has 4 aliphatic heterocycles. The molecule has 13 heteroatoms. The van der Waals surface area contributed by atoms with Gasteiger partial charge in [-0.2, -0.15) is 0 Å². The van der Waals surface area contributed by atoms with E-state index in [1.54, 1.807) is 12.1 Å². The van der Waals surface area contributed by atoms with Crippen LogP contribution in [0, 0.1) is 0 Å². The lowest BCUT2D eigenvalue weighted by Gasteiger charge is -2.43. The summed E-state index contributed by atoms with van der Waals surface area (Å²) in [7, 11) is 0. The van der Waals surface area contributed by atoms with Crippen LogP contribution in [0.25, 0.3) is 11.3 Å². The summed E-state index contributed by atoms with van der Waals surface area (Å²) in [6.45, 7) is 2.94. The standard InChI is InChI=1S/C41H46N8O5/c42-40-36(23-35(45-46-40)33-6-1-2-7-37(33)50)48-24-29-13-14-30(25-48)49(29)28-4-3-5-32(22-28)54-31-18-20-47(21-19-31)39(52)17-10-26-8-11-27(12-9-26)43-34-15-16-38(51)44-41(34)53/h1-9,11-12,22-23,29-31,34,43,50H,10,13-21,24-25H2,(H2,42,46)(H,44,51,53). The van der Waals surface area contributed by atoms with Crippen LogP contribution in [0.1, 0.15) is 50.5 Å². The van der Waals surface area contributed by atoms with Crippen LogP contribution in [-0.4, -0.2) is 88.3 Å². The van der Waals surface area contributed by atoms with Crippen LogP contribution in [0.5, 0.6) is 11.5 Å². The maximum atomic E-state index is 13.1. The Morgan fingerprint density at radius 3 is 2.41 bits per heavy atom. The third kappa shape index (κ3) is 7.61. The van der Waals surface area contributed by atoms with Crippen molar-refractivity contribution in [3.05, 3.63) is 84.4 Å². The molecule has 3 aromatic carbocycles. The number of carbonyl (C=O) groups is 3. The van der Waals surface area contributed by atoms with Crippen molar-refractivity contribution in [3.63, 3.8) is 0 Å². The van der Waals surface area contributed by atoms with Gasteiger partial charge in [-0.3, -0.25) is 19.7 Å². The molecule has 5 heterocycles. The van der Waals surface area contributed by atoms with Gasteiger partial charge >= 0.3 is 0 Å². The number of nitrogens with zero attached hydrogens (tertiary/aromatic N) is 5. The highest BCUT2D eigenvalue weighted by Gasteiger charge is 2.41. The number of phenolic OH excluding ortho intramolecular Hbond substituents is 1. The third-order valence-corrected chi connectivity index (χ3v) is 11.2. The molecule has 5 N–H and O–H groups in total. The molecule has 13 nitrogen and oxygen atoms in total. The molecule has 2 bridgehead atoms. The number of benzene rings is 3. The number of anilines is 4. The van der Waals surface area contributed by atoms with Crippen LogP contribution >= 0.6 is 0 Å². The number of fused-ring (bicyclic) bond motifs is 2. The average Bonchev–Trinajstić information content (AvgIpc) is 3.45. The predicted molar refractivity (Wildman–Crippen MR) is 206 cm³/mol. The van der Waals surface area contributed by atoms with E-state index in [1.807, 2.05) is 53.4 Å². The smallest absolute Gasteiger partial charge is 0.249 e. The minimum Gasteiger partial charge on any atom is -0.507 e. The molecule has 4 aromatic rings. The topological polar surface area (TPSA) is 166 Å². The third-order valence-electron chi connectivity index (χ3n) is 11.2. The fraction of sp³-hybridized carbons (Fsp3) is 0.390. The summed E-state index contributed by atoms with van der Waals surface area (Å²) in [5.41, 5.74) is 11.4. The maximum Gasteiger partial charge on any atom is 0.249 e. The van der Waals surface area contributed by atoms with E-state index in [9.17, 15) is 19.5 Å². The van der Waals surface area contributed by atoms with Gasteiger partial charge < -0.3 is 35.6 Å². The lowest BCUT2D eigenvalue weighted by Crippen LogP contribution is -2.54. The highest BCUT2D eigenvalue weighted by atomic mass is 16.5. The summed E-state index contributed by atoms with van der Waals surface area (Å²) in [5, 5.41) is 24.5. The fourth-order valence-corrected chi connectivity index (χ4v) is 8.33. The Bertz CT molecular complexity index is 2000. The first-order valence-electron chi connectivity index (χ1n) is 19.0. The van der Waals surface area contributed by atoms with E-state index < -0.39 is 6.04 Å². The number of aryl methyl sites for hydroxylation is 1. The number of nitrogens with two attached hydrogens (primary N) is 1. The van der Waals surface area contributed by atoms with Crippen molar-refractivity contribution in [1.29, 1.82) is 0 Å². The summed E-state index contributed by atoms with van der Waals surface area (Å²) in [4.78, 5) is 43.4. The summed E-state index contributed by atoms with van der Waals surface area (Å²) in [6, 6.07) is 25.4. The second kappa shape index (κ2) is 15.2. The molecule has 4 aliphatic rings. The van der Waals surface area contributed by atoms with Crippen molar-refractivity contribution in [2.45, 2.75) is 75.6 Å². The number of para-hydroxylation sites is 1. The maximum absolute atomic E-state index is 13.1. The summed E-state index contributed by atoms with van der Waals surface area (Å²) in [5.74, 6) is 1.02. The number of aromatic hydroxyl groups is 1. The van der Waals surface area contributed by atoms with Crippen LogP contribution in [0.2, 0.25) is 0 Å². The molecular formula is C41H46N8O5. The molecule has 4 saturated heterocycles. The zero-order valence-electron chi connectivity index (χ0n) is 30.2. The number of ether oxygens (including phenoxy) is 1. The van der Waals surface area contributed by atoms with Crippen molar-refractivity contribution in [3.8, 4) is 22.8 Å². The Labute approximate surface area is 314 Å². The quantitative estimate of drug-likeness (QED) is 0.170. The summed E-state index contributed by atoms with van der Waals surface area (Å²) in [6.07, 6.45) is 5.65. The molecule has 0 aliphatic carbocycles. The molecule has 280 valence electrons. The number of nitrogen functional groups attached to an aromatic ring is 1. The minimum atomic E-state index is -0.423. The number of nitrogens with one attached hydrogen (secondary N) is 2. The predicted octanol–water partition coefficient (Wildman–Crippen LogP) is 4.51. The second-order valence-electron chi connectivity index (χ2n) is 14.8. The monoisotopic (exact) mass is 730 g/mol. The average molecular weight is 731 g/mol. The van der Waals surface area contributed by atoms with E-state index in [0.29, 0.717) is 67.9 Å². The number of aromatic nitrogens is 2. The van der Waals surface area contributed by atoms with Gasteiger partial charge in [0.05, 0.1) is 11.4 Å². The van der Waals surface area contributed by atoms with Gasteiger partial charge in [0, 0.05) is 87.0 Å². The van der Waals surface area contributed by atoms with Crippen LogP contribution in [-0.2, 0) is 20.8 Å². The molecule has 0 spiro atoms. The lowest BCUT2D eigenvalue weighted by molar-refractivity contribution is -0.134. The highest BCUT2D eigenvalue weighted by molar-refractivity contribution is 6.01. The number of hydrogen-bond acceptors (Lipinski definition) is 11. The second-order valence-corrected chi connectivity index (χ2v) is 14.8. The van der Waals surface area contributed by atoms with Crippen molar-refractivity contribution in [2.24, 2.45) is 0 Å². The van der Waals surface area contributed by atoms with Gasteiger partial charge in [0.25, 0.3) is 0 Å². The zero-order chi connectivity index (χ0) is 37.2. The molecule has 8 rings (SSSR count). The van der Waals surface area contributed by atoms with Gasteiger partial charge in [-0.15, -0.1) is 10.2 Å². The van der Waals surface area contributed by atoms with Gasteiger partial charge in [-0.05, 0) is 73.7 Å². The van der Waals surface area contributed by atoms with E-state index in [1.165, 1.54) is 0 Å². The van der Waals surface area contributed by atoms with Gasteiger partial charge in [0.2, 0.25) is 17.7 Å². The van der Waals surface area contributed by atoms with Crippen LogP contribution in [0.3, 0.4) is 0 Å². The Balaban J connectivity index is 0.817. The molecule has 1 aromatic heterocycles. The van der Waals surface area contributed by atoms with E-state index in [-0.39, 0.29) is 29.6 Å². The summed E-state index contributed by atoms with van der Waals surface area (Å²) < 4.78 is 6.51. The van der Waals surface area contributed by atoms with Crippen molar-refractivity contribution in [1.82, 2.24) is 20.4 Å². The first kappa shape index (κ1) is 35.2. The number of carbonyl (C=O) groups excluding carboxylic acids is 3. The number of phenols is 1. The van der Waals surface area contributed by atoms with Crippen LogP contribution in [0.15, 0.2) is 78.9 Å². The number of likely N-dealkylation sites (tertiary alicyclic amines) is 1. The SMILES string of the molecule is Nc1nnc(-c2ccccc2O)cc1N1CC2CCC(C1)N2c1cccc(OC2CCN(C(=O)CCc3ccc(NC4CCC(=O)NC4=O)cc3)CC2)c1. The summed E-state index contributed by atoms with van der Waals surface area (Å²) >= 11 is 0. The molecule has 4 fully saturated rings. The van der Waals surface area contributed by atoms with E-state index >= 15 is 0 Å². The van der Waals surface area contributed by atoms with Crippen LogP contribution in [0.4, 0.5) is 22.9 Å². The van der Waals surface area contributed by atoms with Crippen molar-refractivity contribution < 1.29 is 24.2 Å². The molecule has 3 unspecified atom stereocenters. The Morgan fingerprint density at radius 1 is 0.907 bits per heavy atom. The lowest BCUT2D eigenvalue weighted by atomic mass is 10.0. The first-order chi connectivity index (χ1) is 26.3. The van der Waals surface area contributed by atoms with E-state index in [2.05, 4.69) is 48.8 Å². The number of imide groups is 1. The van der Waals surface area contributed by atoms with E-state index in [0.717, 1.165) is 67.1 Å². The van der Waals surface area contributed by atoms with Gasteiger partial charge in [-0.25, -0.2) is 0 Å². The molecule has 0 radical (unpaired) electrons. The van der Waals surface area contributed by atoms with Crippen molar-refractivity contribution >= 4 is 40.6 Å². The van der Waals surface area contributed by atoms with Crippen LogP contribution < -0.4 is 30.9 Å². The number of hydrogen-bond donors (Lipinski definition) is 4. The van der Waals surface area contributed by atoms with Crippen molar-refractivity contribution in [2.75, 3.05) is 47.0 Å². The molecule has 0 saturated carbocycles. The largest absolute Gasteiger partial charge is 0.507 e. The molecular weight excluding hydrogens is 685 g/mol. The Morgan fingerprint density at radius 2 is 1.67 bits per heavy atom. The highest BCUT2D eigenvalue weighted by Crippen LogP contribution is 2.40. The molecule has 54 heavy (non-hydrogen) atoms. The Kier molecular flexibility index (Phi) is 9.94. The molecule has 3 atom stereocenters.